The molecule has 148 valence electrons. The normalized spacial score (nSPS) is 17.9. The number of aliphatic carboxylic acids is 1. The molecular weight excluding hydrogens is 360 g/mol. The fourth-order valence-corrected chi connectivity index (χ4v) is 4.19. The van der Waals surface area contributed by atoms with Gasteiger partial charge in [-0.3, -0.25) is 14.7 Å². The molecule has 1 aliphatic rings. The first-order valence-corrected chi connectivity index (χ1v) is 10.3. The zero-order chi connectivity index (χ0) is 20.2. The highest BCUT2D eigenvalue weighted by Gasteiger charge is 2.37. The van der Waals surface area contributed by atoms with Crippen molar-refractivity contribution in [2.45, 2.75) is 38.3 Å². The SMILES string of the molecule is CCc1ccc(C(c2ccc(-c3ccccc3)cc2)N2CCCC2C(=O)O)nc1. The topological polar surface area (TPSA) is 53.4 Å². The van der Waals surface area contributed by atoms with Crippen LogP contribution in [-0.4, -0.2) is 33.5 Å². The molecule has 1 aromatic heterocycles. The number of rotatable bonds is 6. The maximum Gasteiger partial charge on any atom is 0.320 e. The van der Waals surface area contributed by atoms with Gasteiger partial charge in [0, 0.05) is 12.7 Å². The molecule has 4 heteroatoms. The third-order valence-electron chi connectivity index (χ3n) is 5.78. The van der Waals surface area contributed by atoms with Crippen LogP contribution in [0.15, 0.2) is 72.9 Å². The van der Waals surface area contributed by atoms with E-state index < -0.39 is 12.0 Å². The molecular formula is C25H26N2O2. The van der Waals surface area contributed by atoms with Crippen molar-refractivity contribution in [3.63, 3.8) is 0 Å². The molecule has 0 amide bonds. The van der Waals surface area contributed by atoms with Crippen LogP contribution in [-0.2, 0) is 11.2 Å². The number of nitrogens with zero attached hydrogens (tertiary/aromatic N) is 2. The van der Waals surface area contributed by atoms with E-state index in [0.29, 0.717) is 6.42 Å². The zero-order valence-corrected chi connectivity index (χ0v) is 16.7. The molecule has 0 radical (unpaired) electrons. The molecule has 0 saturated carbocycles. The third kappa shape index (κ3) is 4.08. The Hall–Kier alpha value is -2.98. The largest absolute Gasteiger partial charge is 0.480 e. The average Bonchev–Trinajstić information content (AvgIpc) is 3.25. The van der Waals surface area contributed by atoms with Crippen LogP contribution in [0, 0.1) is 0 Å². The molecule has 1 N–H and O–H groups in total. The summed E-state index contributed by atoms with van der Waals surface area (Å²) in [5, 5.41) is 9.74. The molecule has 0 bridgehead atoms. The standard InChI is InChI=1S/C25H26N2O2/c1-2-18-10-15-22(26-17-18)24(27-16-6-9-23(27)25(28)29)21-13-11-20(12-14-21)19-7-4-3-5-8-19/h3-5,7-8,10-15,17,23-24H,2,6,9,16H2,1H3,(H,28,29). The molecule has 2 atom stereocenters. The summed E-state index contributed by atoms with van der Waals surface area (Å²) in [6, 6.07) is 22.2. The molecule has 0 spiro atoms. The molecule has 1 saturated heterocycles. The Balaban J connectivity index is 1.72. The number of hydrogen-bond donors (Lipinski definition) is 1. The van der Waals surface area contributed by atoms with E-state index >= 15 is 0 Å². The minimum atomic E-state index is -0.751. The van der Waals surface area contributed by atoms with Crippen LogP contribution in [0.3, 0.4) is 0 Å². The van der Waals surface area contributed by atoms with Crippen molar-refractivity contribution in [2.24, 2.45) is 0 Å². The van der Waals surface area contributed by atoms with Crippen LogP contribution in [0.5, 0.6) is 0 Å². The number of aryl methyl sites for hydroxylation is 1. The Kier molecular flexibility index (Phi) is 5.72. The summed E-state index contributed by atoms with van der Waals surface area (Å²) < 4.78 is 0. The van der Waals surface area contributed by atoms with Gasteiger partial charge in [-0.2, -0.15) is 0 Å². The number of carboxylic acid groups (broad SMARTS) is 1. The van der Waals surface area contributed by atoms with Crippen molar-refractivity contribution in [1.29, 1.82) is 0 Å². The fraction of sp³-hybridized carbons (Fsp3) is 0.280. The van der Waals surface area contributed by atoms with Crippen molar-refractivity contribution >= 4 is 5.97 Å². The van der Waals surface area contributed by atoms with Crippen LogP contribution in [0.4, 0.5) is 0 Å². The number of likely N-dealkylation sites (tertiary alicyclic amines) is 1. The van der Waals surface area contributed by atoms with Crippen LogP contribution in [0.2, 0.25) is 0 Å². The lowest BCUT2D eigenvalue weighted by atomic mass is 9.96. The maximum atomic E-state index is 11.9. The zero-order valence-electron chi connectivity index (χ0n) is 16.7. The summed E-state index contributed by atoms with van der Waals surface area (Å²) in [6.07, 6.45) is 4.42. The molecule has 2 aromatic carbocycles. The van der Waals surface area contributed by atoms with Gasteiger partial charge >= 0.3 is 5.97 Å². The summed E-state index contributed by atoms with van der Waals surface area (Å²) in [4.78, 5) is 18.7. The monoisotopic (exact) mass is 386 g/mol. The maximum absolute atomic E-state index is 11.9. The highest BCUT2D eigenvalue weighted by Crippen LogP contribution is 2.35. The van der Waals surface area contributed by atoms with Crippen molar-refractivity contribution < 1.29 is 9.90 Å². The van der Waals surface area contributed by atoms with Gasteiger partial charge in [0.05, 0.1) is 11.7 Å². The summed E-state index contributed by atoms with van der Waals surface area (Å²) in [6.45, 7) is 2.87. The van der Waals surface area contributed by atoms with Gasteiger partial charge in [0.15, 0.2) is 0 Å². The van der Waals surface area contributed by atoms with E-state index in [9.17, 15) is 9.90 Å². The highest BCUT2D eigenvalue weighted by atomic mass is 16.4. The smallest absolute Gasteiger partial charge is 0.320 e. The van der Waals surface area contributed by atoms with Gasteiger partial charge in [0.1, 0.15) is 6.04 Å². The first-order valence-electron chi connectivity index (χ1n) is 10.3. The Morgan fingerprint density at radius 3 is 2.41 bits per heavy atom. The molecule has 4 nitrogen and oxygen atoms in total. The quantitative estimate of drug-likeness (QED) is 0.651. The third-order valence-corrected chi connectivity index (χ3v) is 5.78. The Morgan fingerprint density at radius 1 is 1.07 bits per heavy atom. The molecule has 2 heterocycles. The van der Waals surface area contributed by atoms with E-state index in [1.54, 1.807) is 0 Å². The van der Waals surface area contributed by atoms with E-state index in [-0.39, 0.29) is 6.04 Å². The molecule has 2 unspecified atom stereocenters. The summed E-state index contributed by atoms with van der Waals surface area (Å²) in [7, 11) is 0. The van der Waals surface area contributed by atoms with Gasteiger partial charge in [-0.15, -0.1) is 0 Å². The number of aromatic nitrogens is 1. The highest BCUT2D eigenvalue weighted by molar-refractivity contribution is 5.74. The number of carboxylic acids is 1. The Morgan fingerprint density at radius 2 is 1.79 bits per heavy atom. The molecule has 1 aliphatic heterocycles. The average molecular weight is 386 g/mol. The second kappa shape index (κ2) is 8.58. The first kappa shape index (κ1) is 19.3. The van der Waals surface area contributed by atoms with Crippen molar-refractivity contribution in [2.75, 3.05) is 6.54 Å². The fourth-order valence-electron chi connectivity index (χ4n) is 4.19. The van der Waals surface area contributed by atoms with Gasteiger partial charge in [-0.25, -0.2) is 0 Å². The second-order valence-corrected chi connectivity index (χ2v) is 7.57. The minimum absolute atomic E-state index is 0.158. The molecule has 1 fully saturated rings. The van der Waals surface area contributed by atoms with Gasteiger partial charge < -0.3 is 5.11 Å². The molecule has 3 aromatic rings. The second-order valence-electron chi connectivity index (χ2n) is 7.57. The lowest BCUT2D eigenvalue weighted by Crippen LogP contribution is -2.39. The van der Waals surface area contributed by atoms with Gasteiger partial charge in [0.25, 0.3) is 0 Å². The van der Waals surface area contributed by atoms with Gasteiger partial charge in [-0.05, 0) is 47.6 Å². The van der Waals surface area contributed by atoms with E-state index in [0.717, 1.165) is 36.2 Å². The predicted octanol–water partition coefficient (Wildman–Crippen LogP) is 4.95. The van der Waals surface area contributed by atoms with E-state index in [1.165, 1.54) is 11.1 Å². The first-order chi connectivity index (χ1) is 14.2. The lowest BCUT2D eigenvalue weighted by molar-refractivity contribution is -0.142. The van der Waals surface area contributed by atoms with Crippen LogP contribution >= 0.6 is 0 Å². The number of benzene rings is 2. The van der Waals surface area contributed by atoms with E-state index in [4.69, 9.17) is 4.98 Å². The van der Waals surface area contributed by atoms with Crippen molar-refractivity contribution in [3.8, 4) is 11.1 Å². The number of carbonyl (C=O) groups is 1. The van der Waals surface area contributed by atoms with Crippen LogP contribution < -0.4 is 0 Å². The van der Waals surface area contributed by atoms with Crippen LogP contribution in [0.25, 0.3) is 11.1 Å². The van der Waals surface area contributed by atoms with Crippen molar-refractivity contribution in [3.05, 3.63) is 89.7 Å². The summed E-state index contributed by atoms with van der Waals surface area (Å²) >= 11 is 0. The minimum Gasteiger partial charge on any atom is -0.480 e. The molecule has 0 aliphatic carbocycles. The summed E-state index contributed by atoms with van der Waals surface area (Å²) in [5.41, 5.74) is 5.49. The molecule has 29 heavy (non-hydrogen) atoms. The van der Waals surface area contributed by atoms with Crippen LogP contribution in [0.1, 0.15) is 42.6 Å². The number of hydrogen-bond acceptors (Lipinski definition) is 3. The van der Waals surface area contributed by atoms with Crippen molar-refractivity contribution in [1.82, 2.24) is 9.88 Å². The Labute approximate surface area is 171 Å². The molecule has 4 rings (SSSR count). The lowest BCUT2D eigenvalue weighted by Gasteiger charge is -2.31. The Bertz CT molecular complexity index is 952. The van der Waals surface area contributed by atoms with E-state index in [1.807, 2.05) is 30.5 Å². The van der Waals surface area contributed by atoms with Gasteiger partial charge in [-0.1, -0.05) is 67.6 Å². The number of pyridine rings is 1. The van der Waals surface area contributed by atoms with E-state index in [2.05, 4.69) is 54.3 Å². The van der Waals surface area contributed by atoms with Gasteiger partial charge in [0.2, 0.25) is 0 Å². The summed E-state index contributed by atoms with van der Waals surface area (Å²) in [5.74, 6) is -0.751. The predicted molar refractivity (Wildman–Crippen MR) is 115 cm³/mol.